The van der Waals surface area contributed by atoms with Gasteiger partial charge in [-0.15, -0.1) is 0 Å². The van der Waals surface area contributed by atoms with Crippen molar-refractivity contribution in [2.75, 3.05) is 0 Å². The molecule has 0 fully saturated rings. The van der Waals surface area contributed by atoms with Crippen LogP contribution in [0.15, 0.2) is 53.4 Å². The smallest absolute Gasteiger partial charge is 0.241 e. The van der Waals surface area contributed by atoms with Gasteiger partial charge in [-0.05, 0) is 38.0 Å². The lowest BCUT2D eigenvalue weighted by Crippen LogP contribution is -2.30. The van der Waals surface area contributed by atoms with E-state index >= 15 is 0 Å². The first-order chi connectivity index (χ1) is 11.9. The maximum atomic E-state index is 13.0. The van der Waals surface area contributed by atoms with Crippen molar-refractivity contribution in [3.05, 3.63) is 76.9 Å². The Morgan fingerprint density at radius 3 is 2.36 bits per heavy atom. The van der Waals surface area contributed by atoms with Crippen LogP contribution in [-0.2, 0) is 10.0 Å². The normalized spacial score (nSPS) is 12.9. The second kappa shape index (κ2) is 6.78. The molecule has 1 aromatic heterocycles. The first-order valence-corrected chi connectivity index (χ1v) is 9.38. The zero-order valence-corrected chi connectivity index (χ0v) is 15.1. The molecule has 0 bridgehead atoms. The van der Waals surface area contributed by atoms with Gasteiger partial charge in [-0.25, -0.2) is 13.4 Å². The van der Waals surface area contributed by atoms with Gasteiger partial charge in [-0.1, -0.05) is 48.0 Å². The minimum absolute atomic E-state index is 0.256. The van der Waals surface area contributed by atoms with Crippen LogP contribution in [0, 0.1) is 20.8 Å². The number of benzene rings is 2. The minimum atomic E-state index is -3.74. The molecule has 7 heteroatoms. The molecule has 0 saturated carbocycles. The van der Waals surface area contributed by atoms with E-state index in [1.165, 1.54) is 0 Å². The van der Waals surface area contributed by atoms with Gasteiger partial charge in [-0.3, -0.25) is 5.10 Å². The fraction of sp³-hybridized carbons (Fsp3) is 0.222. The Bertz CT molecular complexity index is 981. The molecule has 130 valence electrons. The number of aromatic nitrogens is 3. The molecule has 0 radical (unpaired) electrons. The minimum Gasteiger partial charge on any atom is -0.263 e. The third kappa shape index (κ3) is 3.78. The highest BCUT2D eigenvalue weighted by Crippen LogP contribution is 2.24. The number of rotatable bonds is 5. The van der Waals surface area contributed by atoms with Crippen molar-refractivity contribution < 1.29 is 8.42 Å². The Kier molecular flexibility index (Phi) is 4.69. The van der Waals surface area contributed by atoms with Crippen molar-refractivity contribution in [3.63, 3.8) is 0 Å². The summed E-state index contributed by atoms with van der Waals surface area (Å²) in [6.45, 7) is 5.49. The fourth-order valence-corrected chi connectivity index (χ4v) is 4.13. The summed E-state index contributed by atoms with van der Waals surface area (Å²) in [6.07, 6.45) is 0. The van der Waals surface area contributed by atoms with Gasteiger partial charge in [0.15, 0.2) is 5.82 Å². The summed E-state index contributed by atoms with van der Waals surface area (Å²) in [7, 11) is -3.74. The molecule has 1 atom stereocenters. The van der Waals surface area contributed by atoms with Crippen LogP contribution in [0.2, 0.25) is 0 Å². The quantitative estimate of drug-likeness (QED) is 0.736. The topological polar surface area (TPSA) is 87.7 Å². The van der Waals surface area contributed by atoms with Crippen LogP contribution in [0.25, 0.3) is 0 Å². The van der Waals surface area contributed by atoms with E-state index in [9.17, 15) is 8.42 Å². The predicted octanol–water partition coefficient (Wildman–Crippen LogP) is 2.80. The van der Waals surface area contributed by atoms with Gasteiger partial charge in [0.1, 0.15) is 11.9 Å². The first-order valence-electron chi connectivity index (χ1n) is 7.90. The van der Waals surface area contributed by atoms with Gasteiger partial charge in [0.2, 0.25) is 10.0 Å². The molecule has 2 aromatic carbocycles. The van der Waals surface area contributed by atoms with Crippen molar-refractivity contribution in [1.29, 1.82) is 0 Å². The highest BCUT2D eigenvalue weighted by Gasteiger charge is 2.26. The standard InChI is InChI=1S/C18H20N4O2S/c1-12-9-10-16(13(2)11-12)25(23,24)22-17(15-7-5-4-6-8-15)18-19-14(3)20-21-18/h4-11,17,22H,1-3H3,(H,19,20,21). The van der Waals surface area contributed by atoms with Gasteiger partial charge in [0.25, 0.3) is 0 Å². The van der Waals surface area contributed by atoms with Gasteiger partial charge < -0.3 is 0 Å². The lowest BCUT2D eigenvalue weighted by molar-refractivity contribution is 0.566. The molecule has 0 amide bonds. The first kappa shape index (κ1) is 17.3. The molecule has 0 saturated heterocycles. The molecule has 2 N–H and O–H groups in total. The van der Waals surface area contributed by atoms with E-state index in [-0.39, 0.29) is 4.90 Å². The monoisotopic (exact) mass is 356 g/mol. The van der Waals surface area contributed by atoms with Crippen molar-refractivity contribution in [2.45, 2.75) is 31.7 Å². The lowest BCUT2D eigenvalue weighted by atomic mass is 10.1. The Balaban J connectivity index is 2.03. The van der Waals surface area contributed by atoms with E-state index in [1.54, 1.807) is 26.0 Å². The summed E-state index contributed by atoms with van der Waals surface area (Å²) in [5, 5.41) is 6.91. The summed E-state index contributed by atoms with van der Waals surface area (Å²) in [5.74, 6) is 1.01. The number of H-pyrrole nitrogens is 1. The molecule has 3 aromatic rings. The third-order valence-electron chi connectivity index (χ3n) is 3.90. The molecule has 25 heavy (non-hydrogen) atoms. The molecule has 1 unspecified atom stereocenters. The molecular formula is C18H20N4O2S. The number of hydrogen-bond acceptors (Lipinski definition) is 4. The van der Waals surface area contributed by atoms with Crippen LogP contribution < -0.4 is 4.72 Å². The number of nitrogens with one attached hydrogen (secondary N) is 2. The van der Waals surface area contributed by atoms with Crippen LogP contribution in [-0.4, -0.2) is 23.6 Å². The van der Waals surface area contributed by atoms with E-state index in [4.69, 9.17) is 0 Å². The molecule has 0 aliphatic carbocycles. The molecule has 0 aliphatic rings. The average molecular weight is 356 g/mol. The van der Waals surface area contributed by atoms with E-state index in [2.05, 4.69) is 19.9 Å². The maximum absolute atomic E-state index is 13.0. The highest BCUT2D eigenvalue weighted by molar-refractivity contribution is 7.89. The average Bonchev–Trinajstić information content (AvgIpc) is 2.99. The summed E-state index contributed by atoms with van der Waals surface area (Å²) in [4.78, 5) is 4.56. The number of hydrogen-bond donors (Lipinski definition) is 2. The third-order valence-corrected chi connectivity index (χ3v) is 5.48. The zero-order valence-electron chi connectivity index (χ0n) is 14.3. The molecule has 1 heterocycles. The van der Waals surface area contributed by atoms with Crippen LogP contribution in [0.3, 0.4) is 0 Å². The van der Waals surface area contributed by atoms with Crippen LogP contribution >= 0.6 is 0 Å². The van der Waals surface area contributed by atoms with E-state index in [0.29, 0.717) is 17.2 Å². The summed E-state index contributed by atoms with van der Waals surface area (Å²) in [6, 6.07) is 13.9. The van der Waals surface area contributed by atoms with Gasteiger partial charge in [0, 0.05) is 0 Å². The lowest BCUT2D eigenvalue weighted by Gasteiger charge is -2.17. The van der Waals surface area contributed by atoms with Crippen molar-refractivity contribution >= 4 is 10.0 Å². The number of aryl methyl sites for hydroxylation is 3. The largest absolute Gasteiger partial charge is 0.263 e. The van der Waals surface area contributed by atoms with Crippen molar-refractivity contribution in [2.24, 2.45) is 0 Å². The Morgan fingerprint density at radius 1 is 1.04 bits per heavy atom. The van der Waals surface area contributed by atoms with E-state index in [0.717, 1.165) is 11.1 Å². The van der Waals surface area contributed by atoms with Crippen LogP contribution in [0.5, 0.6) is 0 Å². The maximum Gasteiger partial charge on any atom is 0.241 e. The van der Waals surface area contributed by atoms with Crippen molar-refractivity contribution in [3.8, 4) is 0 Å². The Hall–Kier alpha value is -2.51. The van der Waals surface area contributed by atoms with Crippen LogP contribution in [0.4, 0.5) is 0 Å². The van der Waals surface area contributed by atoms with E-state index in [1.807, 2.05) is 43.3 Å². The second-order valence-corrected chi connectivity index (χ2v) is 7.70. The molecule has 6 nitrogen and oxygen atoms in total. The Labute approximate surface area is 147 Å². The molecular weight excluding hydrogens is 336 g/mol. The van der Waals surface area contributed by atoms with Crippen molar-refractivity contribution in [1.82, 2.24) is 19.9 Å². The summed E-state index contributed by atoms with van der Waals surface area (Å²) < 4.78 is 28.6. The number of aromatic amines is 1. The number of sulfonamides is 1. The summed E-state index contributed by atoms with van der Waals surface area (Å²) in [5.41, 5.74) is 2.49. The van der Waals surface area contributed by atoms with Gasteiger partial charge >= 0.3 is 0 Å². The van der Waals surface area contributed by atoms with Gasteiger partial charge in [0.05, 0.1) is 4.90 Å². The van der Waals surface area contributed by atoms with Gasteiger partial charge in [-0.2, -0.15) is 9.82 Å². The predicted molar refractivity (Wildman–Crippen MR) is 95.6 cm³/mol. The fourth-order valence-electron chi connectivity index (χ4n) is 2.72. The van der Waals surface area contributed by atoms with Crippen LogP contribution in [0.1, 0.15) is 34.4 Å². The molecule has 3 rings (SSSR count). The summed E-state index contributed by atoms with van der Waals surface area (Å²) >= 11 is 0. The Morgan fingerprint density at radius 2 is 1.76 bits per heavy atom. The SMILES string of the molecule is Cc1ccc(S(=O)(=O)NC(c2ccccc2)c2n[nH]c(C)n2)c(C)c1. The molecule has 0 aliphatic heterocycles. The molecule has 0 spiro atoms. The highest BCUT2D eigenvalue weighted by atomic mass is 32.2. The van der Waals surface area contributed by atoms with E-state index < -0.39 is 16.1 Å². The second-order valence-electron chi connectivity index (χ2n) is 6.01. The number of nitrogens with zero attached hydrogens (tertiary/aromatic N) is 2. The zero-order chi connectivity index (χ0) is 18.0.